The van der Waals surface area contributed by atoms with Crippen LogP contribution in [0, 0.1) is 11.8 Å². The van der Waals surface area contributed by atoms with Crippen LogP contribution in [0.15, 0.2) is 0 Å². The van der Waals surface area contributed by atoms with Gasteiger partial charge in [0.15, 0.2) is 0 Å². The van der Waals surface area contributed by atoms with Gasteiger partial charge in [0.1, 0.15) is 0 Å². The van der Waals surface area contributed by atoms with Crippen molar-refractivity contribution in [1.29, 1.82) is 0 Å². The van der Waals surface area contributed by atoms with Gasteiger partial charge in [-0.3, -0.25) is 4.79 Å². The van der Waals surface area contributed by atoms with Crippen LogP contribution < -0.4 is 0 Å². The van der Waals surface area contributed by atoms with Crippen molar-refractivity contribution in [1.82, 2.24) is 4.90 Å². The first-order valence-electron chi connectivity index (χ1n) is 6.10. The number of carboxylic acids is 1. The topological polar surface area (TPSA) is 40.5 Å². The number of nitrogens with zero attached hydrogens (tertiary/aromatic N) is 1. The Hall–Kier alpha value is -0.570. The molecule has 2 fully saturated rings. The van der Waals surface area contributed by atoms with E-state index in [4.69, 9.17) is 5.11 Å². The van der Waals surface area contributed by atoms with Crippen LogP contribution in [-0.4, -0.2) is 35.6 Å². The van der Waals surface area contributed by atoms with Gasteiger partial charge in [0.05, 0.1) is 5.92 Å². The fourth-order valence-corrected chi connectivity index (χ4v) is 3.17. The largest absolute Gasteiger partial charge is 0.481 e. The number of carbonyl (C=O) groups is 1. The zero-order chi connectivity index (χ0) is 10.8. The monoisotopic (exact) mass is 211 g/mol. The second kappa shape index (κ2) is 4.52. The van der Waals surface area contributed by atoms with Gasteiger partial charge >= 0.3 is 5.97 Å². The molecule has 15 heavy (non-hydrogen) atoms. The summed E-state index contributed by atoms with van der Waals surface area (Å²) >= 11 is 0. The first-order chi connectivity index (χ1) is 7.16. The summed E-state index contributed by atoms with van der Waals surface area (Å²) in [7, 11) is 2.07. The predicted octanol–water partition coefficient (Wildman–Crippen LogP) is 1.97. The second-order valence-electron chi connectivity index (χ2n) is 5.25. The normalized spacial score (nSPS) is 33.7. The van der Waals surface area contributed by atoms with E-state index in [0.717, 1.165) is 18.9 Å². The molecule has 0 bridgehead atoms. The van der Waals surface area contributed by atoms with Crippen molar-refractivity contribution in [3.8, 4) is 0 Å². The Labute approximate surface area is 91.5 Å². The van der Waals surface area contributed by atoms with E-state index in [2.05, 4.69) is 11.9 Å². The van der Waals surface area contributed by atoms with E-state index in [1.807, 2.05) is 0 Å². The Bertz CT molecular complexity index is 236. The lowest BCUT2D eigenvalue weighted by Gasteiger charge is -2.22. The minimum absolute atomic E-state index is 0.124. The SMILES string of the molecule is CN1CC(C(=O)O)CC1CC1CCCC1. The molecule has 0 spiro atoms. The average molecular weight is 211 g/mol. The van der Waals surface area contributed by atoms with Gasteiger partial charge in [-0.1, -0.05) is 25.7 Å². The first kappa shape index (κ1) is 10.9. The zero-order valence-electron chi connectivity index (χ0n) is 9.48. The summed E-state index contributed by atoms with van der Waals surface area (Å²) in [6, 6.07) is 0.522. The highest BCUT2D eigenvalue weighted by molar-refractivity contribution is 5.70. The maximum Gasteiger partial charge on any atom is 0.307 e. The van der Waals surface area contributed by atoms with Crippen LogP contribution >= 0.6 is 0 Å². The highest BCUT2D eigenvalue weighted by Crippen LogP contribution is 2.33. The van der Waals surface area contributed by atoms with Crippen LogP contribution in [0.3, 0.4) is 0 Å². The van der Waals surface area contributed by atoms with E-state index in [1.54, 1.807) is 0 Å². The van der Waals surface area contributed by atoms with Crippen molar-refractivity contribution in [2.45, 2.75) is 44.6 Å². The smallest absolute Gasteiger partial charge is 0.307 e. The van der Waals surface area contributed by atoms with E-state index in [0.29, 0.717) is 6.04 Å². The summed E-state index contributed by atoms with van der Waals surface area (Å²) in [6.45, 7) is 0.743. The minimum Gasteiger partial charge on any atom is -0.481 e. The fraction of sp³-hybridized carbons (Fsp3) is 0.917. The molecular formula is C12H21NO2. The summed E-state index contributed by atoms with van der Waals surface area (Å²) in [5, 5.41) is 8.98. The number of aliphatic carboxylic acids is 1. The van der Waals surface area contributed by atoms with Gasteiger partial charge in [0.25, 0.3) is 0 Å². The first-order valence-corrected chi connectivity index (χ1v) is 6.10. The van der Waals surface area contributed by atoms with Crippen LogP contribution in [0.5, 0.6) is 0 Å². The van der Waals surface area contributed by atoms with Gasteiger partial charge in [-0.15, -0.1) is 0 Å². The predicted molar refractivity (Wildman–Crippen MR) is 58.7 cm³/mol. The fourth-order valence-electron chi connectivity index (χ4n) is 3.17. The van der Waals surface area contributed by atoms with Crippen LogP contribution in [0.1, 0.15) is 38.5 Å². The zero-order valence-corrected chi connectivity index (χ0v) is 9.48. The minimum atomic E-state index is -0.615. The van der Waals surface area contributed by atoms with Crippen LogP contribution in [-0.2, 0) is 4.79 Å². The molecular weight excluding hydrogens is 190 g/mol. The molecule has 0 aromatic carbocycles. The standard InChI is InChI=1S/C12H21NO2/c1-13-8-10(12(14)15)7-11(13)6-9-4-2-3-5-9/h9-11H,2-8H2,1H3,(H,14,15). The Morgan fingerprint density at radius 1 is 1.40 bits per heavy atom. The number of carboxylic acid groups (broad SMARTS) is 1. The number of hydrogen-bond acceptors (Lipinski definition) is 2. The third kappa shape index (κ3) is 2.51. The number of rotatable bonds is 3. The van der Waals surface area contributed by atoms with Gasteiger partial charge in [-0.25, -0.2) is 0 Å². The second-order valence-corrected chi connectivity index (χ2v) is 5.25. The molecule has 86 valence electrons. The molecule has 0 amide bonds. The van der Waals surface area contributed by atoms with Crippen molar-refractivity contribution in [3.05, 3.63) is 0 Å². The van der Waals surface area contributed by atoms with Crippen LogP contribution in [0.2, 0.25) is 0 Å². The van der Waals surface area contributed by atoms with Crippen LogP contribution in [0.4, 0.5) is 0 Å². The molecule has 1 aliphatic heterocycles. The van der Waals surface area contributed by atoms with Gasteiger partial charge in [0.2, 0.25) is 0 Å². The summed E-state index contributed by atoms with van der Waals surface area (Å²) in [6.07, 6.45) is 7.57. The van der Waals surface area contributed by atoms with E-state index >= 15 is 0 Å². The average Bonchev–Trinajstić information content (AvgIpc) is 2.77. The molecule has 0 radical (unpaired) electrons. The Balaban J connectivity index is 1.84. The van der Waals surface area contributed by atoms with Crippen molar-refractivity contribution >= 4 is 5.97 Å². The van der Waals surface area contributed by atoms with E-state index in [1.165, 1.54) is 32.1 Å². The maximum atomic E-state index is 10.9. The summed E-state index contributed by atoms with van der Waals surface area (Å²) < 4.78 is 0. The summed E-state index contributed by atoms with van der Waals surface area (Å²) in [4.78, 5) is 13.2. The van der Waals surface area contributed by atoms with E-state index in [9.17, 15) is 4.79 Å². The highest BCUT2D eigenvalue weighted by Gasteiger charge is 2.35. The molecule has 3 heteroatoms. The van der Waals surface area contributed by atoms with Crippen LogP contribution in [0.25, 0.3) is 0 Å². The van der Waals surface area contributed by atoms with Gasteiger partial charge in [-0.2, -0.15) is 0 Å². The lowest BCUT2D eigenvalue weighted by molar-refractivity contribution is -0.141. The molecule has 1 saturated carbocycles. The molecule has 1 saturated heterocycles. The molecule has 3 nitrogen and oxygen atoms in total. The molecule has 2 rings (SSSR count). The Morgan fingerprint density at radius 3 is 2.60 bits per heavy atom. The summed E-state index contributed by atoms with van der Waals surface area (Å²) in [5.74, 6) is 0.127. The molecule has 0 aromatic rings. The van der Waals surface area contributed by atoms with Gasteiger partial charge in [0, 0.05) is 12.6 Å². The molecule has 2 aliphatic rings. The Kier molecular flexibility index (Phi) is 3.29. The number of hydrogen-bond donors (Lipinski definition) is 1. The van der Waals surface area contributed by atoms with Crippen molar-refractivity contribution in [3.63, 3.8) is 0 Å². The molecule has 1 aliphatic carbocycles. The van der Waals surface area contributed by atoms with Gasteiger partial charge < -0.3 is 10.0 Å². The van der Waals surface area contributed by atoms with E-state index in [-0.39, 0.29) is 5.92 Å². The summed E-state index contributed by atoms with van der Waals surface area (Å²) in [5.41, 5.74) is 0. The molecule has 0 aromatic heterocycles. The van der Waals surface area contributed by atoms with E-state index < -0.39 is 5.97 Å². The Morgan fingerprint density at radius 2 is 2.07 bits per heavy atom. The molecule has 1 heterocycles. The third-order valence-corrected chi connectivity index (χ3v) is 4.12. The molecule has 2 unspecified atom stereocenters. The highest BCUT2D eigenvalue weighted by atomic mass is 16.4. The lowest BCUT2D eigenvalue weighted by atomic mass is 9.95. The van der Waals surface area contributed by atoms with Crippen molar-refractivity contribution in [2.75, 3.05) is 13.6 Å². The molecule has 1 N–H and O–H groups in total. The number of likely N-dealkylation sites (tertiary alicyclic amines) is 1. The maximum absolute atomic E-state index is 10.9. The quantitative estimate of drug-likeness (QED) is 0.776. The van der Waals surface area contributed by atoms with Crippen molar-refractivity contribution < 1.29 is 9.90 Å². The van der Waals surface area contributed by atoms with Crippen molar-refractivity contribution in [2.24, 2.45) is 11.8 Å². The molecule has 2 atom stereocenters. The lowest BCUT2D eigenvalue weighted by Crippen LogP contribution is -2.27. The third-order valence-electron chi connectivity index (χ3n) is 4.12. The van der Waals surface area contributed by atoms with Gasteiger partial charge in [-0.05, 0) is 25.8 Å².